The maximum atomic E-state index is 13.3. The van der Waals surface area contributed by atoms with Crippen LogP contribution in [0.5, 0.6) is 0 Å². The number of carbonyl (C=O) groups is 1. The van der Waals surface area contributed by atoms with E-state index in [-0.39, 0.29) is 24.2 Å². The third kappa shape index (κ3) is 3.51. The molecular weight excluding hydrogens is 235 g/mol. The van der Waals surface area contributed by atoms with Crippen molar-refractivity contribution in [2.45, 2.75) is 18.9 Å². The summed E-state index contributed by atoms with van der Waals surface area (Å²) in [6.45, 7) is 1.48. The molecule has 0 spiro atoms. The average Bonchev–Trinajstić information content (AvgIpc) is 2.32. The van der Waals surface area contributed by atoms with Crippen LogP contribution in [0.4, 0.5) is 10.1 Å². The highest BCUT2D eigenvalue weighted by molar-refractivity contribution is 5.92. The van der Waals surface area contributed by atoms with Gasteiger partial charge in [-0.1, -0.05) is 12.1 Å². The van der Waals surface area contributed by atoms with Crippen molar-refractivity contribution in [1.82, 2.24) is 4.90 Å². The Morgan fingerprint density at radius 2 is 2.28 bits per heavy atom. The van der Waals surface area contributed by atoms with E-state index in [1.54, 1.807) is 12.1 Å². The molecule has 1 aromatic carbocycles. The molecule has 0 aromatic heterocycles. The molecule has 1 fully saturated rings. The Bertz CT molecular complexity index is 425. The van der Waals surface area contributed by atoms with Gasteiger partial charge in [0, 0.05) is 6.54 Å². The highest BCUT2D eigenvalue weighted by Gasteiger charge is 2.19. The average molecular weight is 252 g/mol. The Labute approximate surface area is 105 Å². The minimum atomic E-state index is -0.440. The molecule has 1 heterocycles. The standard InChI is InChI=1S/C13H17FN2O2/c14-11-5-1-2-6-12(11)15-13(18)9-16-7-3-4-10(17)8-16/h1-2,5-6,10,17H,3-4,7-9H2,(H,15,18). The van der Waals surface area contributed by atoms with Crippen LogP contribution in [-0.2, 0) is 4.79 Å². The predicted octanol–water partition coefficient (Wildman–Crippen LogP) is 1.22. The summed E-state index contributed by atoms with van der Waals surface area (Å²) in [5.41, 5.74) is 0.194. The number of nitrogens with zero attached hydrogens (tertiary/aromatic N) is 1. The molecule has 0 bridgehead atoms. The van der Waals surface area contributed by atoms with Crippen molar-refractivity contribution in [2.75, 3.05) is 25.0 Å². The van der Waals surface area contributed by atoms with Crippen molar-refractivity contribution in [3.05, 3.63) is 30.1 Å². The minimum absolute atomic E-state index is 0.186. The maximum Gasteiger partial charge on any atom is 0.238 e. The molecule has 1 unspecified atom stereocenters. The van der Waals surface area contributed by atoms with Crippen molar-refractivity contribution >= 4 is 11.6 Å². The summed E-state index contributed by atoms with van der Waals surface area (Å²) in [4.78, 5) is 13.6. The van der Waals surface area contributed by atoms with Crippen molar-refractivity contribution in [2.24, 2.45) is 0 Å². The van der Waals surface area contributed by atoms with Crippen LogP contribution in [0.1, 0.15) is 12.8 Å². The zero-order chi connectivity index (χ0) is 13.0. The van der Waals surface area contributed by atoms with Crippen LogP contribution in [0, 0.1) is 5.82 Å². The zero-order valence-corrected chi connectivity index (χ0v) is 10.1. The van der Waals surface area contributed by atoms with E-state index >= 15 is 0 Å². The third-order valence-corrected chi connectivity index (χ3v) is 3.00. The smallest absolute Gasteiger partial charge is 0.238 e. The second-order valence-corrected chi connectivity index (χ2v) is 4.56. The molecule has 18 heavy (non-hydrogen) atoms. The van der Waals surface area contributed by atoms with Gasteiger partial charge in [-0.15, -0.1) is 0 Å². The number of anilines is 1. The SMILES string of the molecule is O=C(CN1CCCC(O)C1)Nc1ccccc1F. The van der Waals surface area contributed by atoms with Crippen LogP contribution < -0.4 is 5.32 Å². The first kappa shape index (κ1) is 13.0. The number of para-hydroxylation sites is 1. The molecule has 2 N–H and O–H groups in total. The summed E-state index contributed by atoms with van der Waals surface area (Å²) in [6, 6.07) is 6.08. The van der Waals surface area contributed by atoms with Crippen molar-refractivity contribution < 1.29 is 14.3 Å². The van der Waals surface area contributed by atoms with E-state index in [0.29, 0.717) is 6.54 Å². The van der Waals surface area contributed by atoms with E-state index < -0.39 is 5.82 Å². The van der Waals surface area contributed by atoms with E-state index in [2.05, 4.69) is 5.32 Å². The lowest BCUT2D eigenvalue weighted by Crippen LogP contribution is -2.42. The van der Waals surface area contributed by atoms with Crippen LogP contribution in [0.3, 0.4) is 0 Å². The largest absolute Gasteiger partial charge is 0.392 e. The van der Waals surface area contributed by atoms with Gasteiger partial charge in [-0.3, -0.25) is 9.69 Å². The normalized spacial score (nSPS) is 20.7. The maximum absolute atomic E-state index is 13.3. The van der Waals surface area contributed by atoms with E-state index in [9.17, 15) is 14.3 Å². The lowest BCUT2D eigenvalue weighted by Gasteiger charge is -2.29. The first-order valence-corrected chi connectivity index (χ1v) is 6.10. The number of aliphatic hydroxyl groups is 1. The second kappa shape index (κ2) is 5.93. The molecule has 2 rings (SSSR count). The molecule has 1 atom stereocenters. The molecular formula is C13H17FN2O2. The van der Waals surface area contributed by atoms with Gasteiger partial charge in [-0.05, 0) is 31.5 Å². The summed E-state index contributed by atoms with van der Waals surface area (Å²) < 4.78 is 13.3. The fourth-order valence-electron chi connectivity index (χ4n) is 2.13. The van der Waals surface area contributed by atoms with Crippen LogP contribution in [0.2, 0.25) is 0 Å². The predicted molar refractivity (Wildman–Crippen MR) is 66.7 cm³/mol. The van der Waals surface area contributed by atoms with Crippen LogP contribution in [0.15, 0.2) is 24.3 Å². The van der Waals surface area contributed by atoms with E-state index in [1.165, 1.54) is 12.1 Å². The van der Waals surface area contributed by atoms with Crippen molar-refractivity contribution in [1.29, 1.82) is 0 Å². The number of hydrogen-bond acceptors (Lipinski definition) is 3. The van der Waals surface area contributed by atoms with Gasteiger partial charge in [0.15, 0.2) is 0 Å². The van der Waals surface area contributed by atoms with Gasteiger partial charge in [-0.2, -0.15) is 0 Å². The number of piperidine rings is 1. The molecule has 1 aliphatic rings. The summed E-state index contributed by atoms with van der Waals surface area (Å²) in [5, 5.41) is 12.0. The summed E-state index contributed by atoms with van der Waals surface area (Å²) >= 11 is 0. The molecule has 4 nitrogen and oxygen atoms in total. The van der Waals surface area contributed by atoms with Gasteiger partial charge in [0.2, 0.25) is 5.91 Å². The number of amides is 1. The molecule has 1 saturated heterocycles. The van der Waals surface area contributed by atoms with Gasteiger partial charge < -0.3 is 10.4 Å². The molecule has 1 aliphatic heterocycles. The van der Waals surface area contributed by atoms with Gasteiger partial charge in [0.05, 0.1) is 18.3 Å². The Hall–Kier alpha value is -1.46. The van der Waals surface area contributed by atoms with E-state index in [1.807, 2.05) is 4.90 Å². The van der Waals surface area contributed by atoms with Crippen molar-refractivity contribution in [3.8, 4) is 0 Å². The number of nitrogens with one attached hydrogen (secondary N) is 1. The number of benzene rings is 1. The molecule has 1 aromatic rings. The molecule has 0 saturated carbocycles. The summed E-state index contributed by atoms with van der Waals surface area (Å²) in [5.74, 6) is -0.696. The van der Waals surface area contributed by atoms with E-state index in [0.717, 1.165) is 19.4 Å². The Kier molecular flexibility index (Phi) is 4.28. The third-order valence-electron chi connectivity index (χ3n) is 3.00. The van der Waals surface area contributed by atoms with Crippen molar-refractivity contribution in [3.63, 3.8) is 0 Å². The summed E-state index contributed by atoms with van der Waals surface area (Å²) in [7, 11) is 0. The molecule has 98 valence electrons. The van der Waals surface area contributed by atoms with Gasteiger partial charge in [-0.25, -0.2) is 4.39 Å². The van der Waals surface area contributed by atoms with Gasteiger partial charge >= 0.3 is 0 Å². The number of halogens is 1. The fraction of sp³-hybridized carbons (Fsp3) is 0.462. The number of aliphatic hydroxyl groups excluding tert-OH is 1. The quantitative estimate of drug-likeness (QED) is 0.850. The Morgan fingerprint density at radius 3 is 3.00 bits per heavy atom. The Morgan fingerprint density at radius 1 is 1.50 bits per heavy atom. The molecule has 5 heteroatoms. The summed E-state index contributed by atoms with van der Waals surface area (Å²) in [6.07, 6.45) is 1.31. The molecule has 0 radical (unpaired) electrons. The number of β-amino-alcohol motifs (C(OH)–C–C–N with tert-alkyl or cyclic N) is 1. The number of rotatable bonds is 3. The fourth-order valence-corrected chi connectivity index (χ4v) is 2.13. The van der Waals surface area contributed by atoms with Crippen LogP contribution >= 0.6 is 0 Å². The number of likely N-dealkylation sites (tertiary alicyclic amines) is 1. The molecule has 1 amide bonds. The van der Waals surface area contributed by atoms with E-state index in [4.69, 9.17) is 0 Å². The first-order chi connectivity index (χ1) is 8.65. The lowest BCUT2D eigenvalue weighted by atomic mass is 10.1. The number of hydrogen-bond donors (Lipinski definition) is 2. The lowest BCUT2D eigenvalue weighted by molar-refractivity contribution is -0.118. The van der Waals surface area contributed by atoms with Crippen LogP contribution in [0.25, 0.3) is 0 Å². The zero-order valence-electron chi connectivity index (χ0n) is 10.1. The topological polar surface area (TPSA) is 52.6 Å². The number of carbonyl (C=O) groups excluding carboxylic acids is 1. The highest BCUT2D eigenvalue weighted by Crippen LogP contribution is 2.13. The second-order valence-electron chi connectivity index (χ2n) is 4.56. The molecule has 0 aliphatic carbocycles. The minimum Gasteiger partial charge on any atom is -0.392 e. The van der Waals surface area contributed by atoms with Gasteiger partial charge in [0.1, 0.15) is 5.82 Å². The Balaban J connectivity index is 1.87. The first-order valence-electron chi connectivity index (χ1n) is 6.10. The van der Waals surface area contributed by atoms with Gasteiger partial charge in [0.25, 0.3) is 0 Å². The van der Waals surface area contributed by atoms with Crippen LogP contribution in [-0.4, -0.2) is 41.7 Å². The monoisotopic (exact) mass is 252 g/mol. The highest BCUT2D eigenvalue weighted by atomic mass is 19.1.